The Labute approximate surface area is 127 Å². The van der Waals surface area contributed by atoms with E-state index in [1.54, 1.807) is 24.2 Å². The van der Waals surface area contributed by atoms with E-state index < -0.39 is 0 Å². The van der Waals surface area contributed by atoms with Crippen molar-refractivity contribution in [2.24, 2.45) is 0 Å². The van der Waals surface area contributed by atoms with Crippen molar-refractivity contribution < 1.29 is 9.53 Å². The summed E-state index contributed by atoms with van der Waals surface area (Å²) in [6.45, 7) is 0. The molecule has 3 rings (SSSR count). The molecule has 0 aliphatic carbocycles. The fourth-order valence-electron chi connectivity index (χ4n) is 2.31. The average molecular weight is 303 g/mol. The lowest BCUT2D eigenvalue weighted by molar-refractivity contribution is 0.0941. The minimum Gasteiger partial charge on any atom is -0.494 e. The van der Waals surface area contributed by atoms with Crippen LogP contribution in [0.3, 0.4) is 0 Å². The SMILES string of the molecule is COc1ccccc1-n1cc(C(=O)N[C@H]2CCSC2)cn1. The molecule has 1 saturated heterocycles. The van der Waals surface area contributed by atoms with Gasteiger partial charge < -0.3 is 10.1 Å². The molecule has 0 radical (unpaired) electrons. The van der Waals surface area contributed by atoms with E-state index >= 15 is 0 Å². The number of carbonyl (C=O) groups excluding carboxylic acids is 1. The van der Waals surface area contributed by atoms with E-state index in [-0.39, 0.29) is 11.9 Å². The van der Waals surface area contributed by atoms with Crippen molar-refractivity contribution in [3.05, 3.63) is 42.2 Å². The monoisotopic (exact) mass is 303 g/mol. The predicted molar refractivity (Wildman–Crippen MR) is 83.3 cm³/mol. The second-order valence-electron chi connectivity index (χ2n) is 4.88. The number of nitrogens with zero attached hydrogens (tertiary/aromatic N) is 2. The fourth-order valence-corrected chi connectivity index (χ4v) is 3.46. The van der Waals surface area contributed by atoms with Crippen LogP contribution in [-0.2, 0) is 0 Å². The number of hydrogen-bond acceptors (Lipinski definition) is 4. The molecule has 6 heteroatoms. The van der Waals surface area contributed by atoms with Crippen molar-refractivity contribution in [1.29, 1.82) is 0 Å². The molecule has 0 spiro atoms. The molecule has 1 fully saturated rings. The van der Waals surface area contributed by atoms with E-state index in [1.165, 1.54) is 0 Å². The van der Waals surface area contributed by atoms with E-state index in [9.17, 15) is 4.79 Å². The summed E-state index contributed by atoms with van der Waals surface area (Å²) in [5.74, 6) is 2.76. The summed E-state index contributed by atoms with van der Waals surface area (Å²) in [6, 6.07) is 7.86. The molecule has 1 aliphatic rings. The van der Waals surface area contributed by atoms with Gasteiger partial charge in [0.25, 0.3) is 5.91 Å². The minimum atomic E-state index is -0.0661. The van der Waals surface area contributed by atoms with Gasteiger partial charge in [-0.05, 0) is 24.3 Å². The van der Waals surface area contributed by atoms with Gasteiger partial charge in [0.15, 0.2) is 0 Å². The predicted octanol–water partition coefficient (Wildman–Crippen LogP) is 2.12. The van der Waals surface area contributed by atoms with Gasteiger partial charge in [-0.2, -0.15) is 16.9 Å². The zero-order chi connectivity index (χ0) is 14.7. The Kier molecular flexibility index (Phi) is 4.15. The smallest absolute Gasteiger partial charge is 0.254 e. The van der Waals surface area contributed by atoms with Crippen LogP contribution in [0.25, 0.3) is 5.69 Å². The maximum atomic E-state index is 12.2. The number of para-hydroxylation sites is 2. The molecule has 5 nitrogen and oxygen atoms in total. The average Bonchev–Trinajstić information content (AvgIpc) is 3.18. The van der Waals surface area contributed by atoms with Gasteiger partial charge in [0.05, 0.1) is 18.9 Å². The number of methoxy groups -OCH3 is 1. The number of benzene rings is 1. The van der Waals surface area contributed by atoms with Gasteiger partial charge in [0, 0.05) is 18.0 Å². The van der Waals surface area contributed by atoms with Crippen LogP contribution in [0.4, 0.5) is 0 Å². The first-order chi connectivity index (χ1) is 10.3. The summed E-state index contributed by atoms with van der Waals surface area (Å²) in [5.41, 5.74) is 1.38. The number of carbonyl (C=O) groups is 1. The third kappa shape index (κ3) is 3.05. The Morgan fingerprint density at radius 1 is 1.48 bits per heavy atom. The van der Waals surface area contributed by atoms with Crippen LogP contribution in [-0.4, -0.2) is 40.3 Å². The van der Waals surface area contributed by atoms with Crippen molar-refractivity contribution in [2.45, 2.75) is 12.5 Å². The van der Waals surface area contributed by atoms with E-state index in [4.69, 9.17) is 4.74 Å². The lowest BCUT2D eigenvalue weighted by atomic mass is 10.2. The van der Waals surface area contributed by atoms with Crippen LogP contribution in [0.5, 0.6) is 5.75 Å². The molecule has 1 aliphatic heterocycles. The molecule has 21 heavy (non-hydrogen) atoms. The Hall–Kier alpha value is -1.95. The van der Waals surface area contributed by atoms with Gasteiger partial charge in [-0.25, -0.2) is 4.68 Å². The molecule has 1 N–H and O–H groups in total. The maximum absolute atomic E-state index is 12.2. The third-order valence-electron chi connectivity index (χ3n) is 3.44. The standard InChI is InChI=1S/C15H17N3O2S/c1-20-14-5-3-2-4-13(14)18-9-11(8-16-18)15(19)17-12-6-7-21-10-12/h2-5,8-9,12H,6-7,10H2,1H3,(H,17,19)/t12-/m0/s1. The van der Waals surface area contributed by atoms with E-state index in [0.717, 1.165) is 29.4 Å². The molecule has 0 unspecified atom stereocenters. The molecule has 1 atom stereocenters. The van der Waals surface area contributed by atoms with Crippen LogP contribution in [0.1, 0.15) is 16.8 Å². The van der Waals surface area contributed by atoms with Gasteiger partial charge in [-0.3, -0.25) is 4.79 Å². The number of nitrogens with one attached hydrogen (secondary N) is 1. The van der Waals surface area contributed by atoms with Crippen molar-refractivity contribution in [1.82, 2.24) is 15.1 Å². The van der Waals surface area contributed by atoms with Gasteiger partial charge in [-0.15, -0.1) is 0 Å². The fraction of sp³-hybridized carbons (Fsp3) is 0.333. The molecule has 1 amide bonds. The maximum Gasteiger partial charge on any atom is 0.254 e. The highest BCUT2D eigenvalue weighted by Gasteiger charge is 2.19. The minimum absolute atomic E-state index is 0.0661. The molecule has 2 heterocycles. The highest BCUT2D eigenvalue weighted by molar-refractivity contribution is 7.99. The van der Waals surface area contributed by atoms with E-state index in [2.05, 4.69) is 10.4 Å². The molecule has 0 saturated carbocycles. The number of rotatable bonds is 4. The highest BCUT2D eigenvalue weighted by Crippen LogP contribution is 2.22. The number of hydrogen-bond donors (Lipinski definition) is 1. The first kappa shape index (κ1) is 14.0. The molecule has 110 valence electrons. The lowest BCUT2D eigenvalue weighted by Crippen LogP contribution is -2.34. The summed E-state index contributed by atoms with van der Waals surface area (Å²) in [6.07, 6.45) is 4.36. The Morgan fingerprint density at radius 2 is 2.33 bits per heavy atom. The molecular weight excluding hydrogens is 286 g/mol. The first-order valence-corrected chi connectivity index (χ1v) is 8.00. The molecule has 2 aromatic rings. The van der Waals surface area contributed by atoms with Gasteiger partial charge in [0.1, 0.15) is 11.4 Å². The topological polar surface area (TPSA) is 56.1 Å². The van der Waals surface area contributed by atoms with E-state index in [0.29, 0.717) is 5.56 Å². The zero-order valence-electron chi connectivity index (χ0n) is 11.8. The normalized spacial score (nSPS) is 17.7. The lowest BCUT2D eigenvalue weighted by Gasteiger charge is -2.09. The Balaban J connectivity index is 1.77. The van der Waals surface area contributed by atoms with Crippen LogP contribution < -0.4 is 10.1 Å². The van der Waals surface area contributed by atoms with Crippen molar-refractivity contribution in [3.63, 3.8) is 0 Å². The van der Waals surface area contributed by atoms with Crippen LogP contribution in [0, 0.1) is 0 Å². The van der Waals surface area contributed by atoms with Crippen molar-refractivity contribution in [3.8, 4) is 11.4 Å². The largest absolute Gasteiger partial charge is 0.494 e. The molecule has 1 aromatic carbocycles. The second-order valence-corrected chi connectivity index (χ2v) is 6.03. The van der Waals surface area contributed by atoms with Crippen LogP contribution in [0.15, 0.2) is 36.7 Å². The highest BCUT2D eigenvalue weighted by atomic mass is 32.2. The number of aromatic nitrogens is 2. The first-order valence-electron chi connectivity index (χ1n) is 6.84. The molecular formula is C15H17N3O2S. The number of amides is 1. The summed E-state index contributed by atoms with van der Waals surface area (Å²) in [5, 5.41) is 7.31. The zero-order valence-corrected chi connectivity index (χ0v) is 12.6. The summed E-state index contributed by atoms with van der Waals surface area (Å²) in [7, 11) is 1.62. The number of thioether (sulfide) groups is 1. The van der Waals surface area contributed by atoms with Gasteiger partial charge in [0.2, 0.25) is 0 Å². The van der Waals surface area contributed by atoms with Gasteiger partial charge in [-0.1, -0.05) is 12.1 Å². The van der Waals surface area contributed by atoms with Crippen LogP contribution >= 0.6 is 11.8 Å². The van der Waals surface area contributed by atoms with Crippen LogP contribution in [0.2, 0.25) is 0 Å². The number of ether oxygens (including phenoxy) is 1. The summed E-state index contributed by atoms with van der Waals surface area (Å²) in [4.78, 5) is 12.2. The summed E-state index contributed by atoms with van der Waals surface area (Å²) < 4.78 is 6.98. The molecule has 0 bridgehead atoms. The van der Waals surface area contributed by atoms with Gasteiger partial charge >= 0.3 is 0 Å². The quantitative estimate of drug-likeness (QED) is 0.940. The van der Waals surface area contributed by atoms with Crippen molar-refractivity contribution in [2.75, 3.05) is 18.6 Å². The Bertz CT molecular complexity index is 635. The Morgan fingerprint density at radius 3 is 3.10 bits per heavy atom. The summed E-state index contributed by atoms with van der Waals surface area (Å²) >= 11 is 1.87. The van der Waals surface area contributed by atoms with Crippen molar-refractivity contribution >= 4 is 17.7 Å². The molecule has 1 aromatic heterocycles. The third-order valence-corrected chi connectivity index (χ3v) is 4.60. The van der Waals surface area contributed by atoms with E-state index in [1.807, 2.05) is 36.0 Å². The second kappa shape index (κ2) is 6.22.